The molecule has 3 rings (SSSR count). The summed E-state index contributed by atoms with van der Waals surface area (Å²) in [6, 6.07) is 7.70. The largest absolute Gasteiger partial charge is 0.275 e. The Morgan fingerprint density at radius 1 is 1.32 bits per heavy atom. The Labute approximate surface area is 107 Å². The third-order valence-corrected chi connectivity index (χ3v) is 2.77. The fourth-order valence-electron chi connectivity index (χ4n) is 1.96. The van der Waals surface area contributed by atoms with Crippen LogP contribution in [0, 0.1) is 12.7 Å². The second-order valence-corrected chi connectivity index (χ2v) is 4.35. The van der Waals surface area contributed by atoms with Gasteiger partial charge in [0.15, 0.2) is 0 Å². The second-order valence-electron chi connectivity index (χ2n) is 4.35. The van der Waals surface area contributed by atoms with Crippen LogP contribution in [-0.4, -0.2) is 19.6 Å². The maximum atomic E-state index is 13.1. The second kappa shape index (κ2) is 4.31. The maximum Gasteiger partial charge on any atom is 0.274 e. The summed E-state index contributed by atoms with van der Waals surface area (Å²) in [4.78, 5) is 20.1. The Kier molecular flexibility index (Phi) is 2.63. The summed E-state index contributed by atoms with van der Waals surface area (Å²) in [5.74, 6) is 0.608. The molecule has 0 saturated carbocycles. The van der Waals surface area contributed by atoms with Crippen molar-refractivity contribution in [1.29, 1.82) is 0 Å². The zero-order chi connectivity index (χ0) is 13.4. The van der Waals surface area contributed by atoms with Crippen molar-refractivity contribution >= 4 is 5.78 Å². The van der Waals surface area contributed by atoms with Crippen LogP contribution in [-0.2, 0) is 6.42 Å². The smallest absolute Gasteiger partial charge is 0.274 e. The zero-order valence-corrected chi connectivity index (χ0v) is 10.2. The molecule has 0 saturated heterocycles. The summed E-state index contributed by atoms with van der Waals surface area (Å²) < 4.78 is 14.4. The molecule has 0 unspecified atom stereocenters. The average Bonchev–Trinajstić information content (AvgIpc) is 2.71. The average molecular weight is 258 g/mol. The van der Waals surface area contributed by atoms with Crippen molar-refractivity contribution in [2.75, 3.05) is 0 Å². The highest BCUT2D eigenvalue weighted by Crippen LogP contribution is 2.08. The van der Waals surface area contributed by atoms with Crippen molar-refractivity contribution < 1.29 is 4.39 Å². The Morgan fingerprint density at radius 2 is 2.16 bits per heavy atom. The van der Waals surface area contributed by atoms with E-state index in [-0.39, 0.29) is 11.4 Å². The third kappa shape index (κ3) is 2.24. The highest BCUT2D eigenvalue weighted by atomic mass is 19.1. The Morgan fingerprint density at radius 3 is 2.95 bits per heavy atom. The molecule has 0 aliphatic carbocycles. The van der Waals surface area contributed by atoms with Gasteiger partial charge in [0.05, 0.1) is 0 Å². The van der Waals surface area contributed by atoms with E-state index in [0.29, 0.717) is 23.7 Å². The van der Waals surface area contributed by atoms with Gasteiger partial charge in [-0.1, -0.05) is 12.1 Å². The first kappa shape index (κ1) is 11.6. The maximum absolute atomic E-state index is 13.1. The number of H-pyrrole nitrogens is 1. The van der Waals surface area contributed by atoms with E-state index in [4.69, 9.17) is 0 Å². The molecular formula is C13H11FN4O. The molecule has 0 spiro atoms. The number of aryl methyl sites for hydroxylation is 1. The van der Waals surface area contributed by atoms with E-state index in [9.17, 15) is 9.18 Å². The molecule has 3 aromatic rings. The molecule has 0 radical (unpaired) electrons. The molecule has 0 aliphatic rings. The third-order valence-electron chi connectivity index (χ3n) is 2.77. The molecule has 0 fully saturated rings. The molecular weight excluding hydrogens is 247 g/mol. The van der Waals surface area contributed by atoms with E-state index >= 15 is 0 Å². The minimum Gasteiger partial charge on any atom is -0.275 e. The fraction of sp³-hybridized carbons (Fsp3) is 0.154. The molecule has 2 heterocycles. The van der Waals surface area contributed by atoms with E-state index in [0.717, 1.165) is 5.56 Å². The van der Waals surface area contributed by atoms with Crippen LogP contribution in [0.1, 0.15) is 17.1 Å². The lowest BCUT2D eigenvalue weighted by molar-refractivity contribution is 0.625. The van der Waals surface area contributed by atoms with Gasteiger partial charge in [0, 0.05) is 18.2 Å². The standard InChI is InChI=1S/C13H11FN4O/c1-8-5-12(19)18-13(15-8)16-11(17-18)7-9-3-2-4-10(14)6-9/h2-6H,7H2,1H3,(H,15,16,17). The summed E-state index contributed by atoms with van der Waals surface area (Å²) in [7, 11) is 0. The molecule has 0 atom stereocenters. The van der Waals surface area contributed by atoms with E-state index in [1.54, 1.807) is 19.1 Å². The monoisotopic (exact) mass is 258 g/mol. The lowest BCUT2D eigenvalue weighted by Gasteiger charge is -1.97. The predicted molar refractivity (Wildman–Crippen MR) is 67.6 cm³/mol. The molecule has 2 aromatic heterocycles. The Balaban J connectivity index is 2.02. The number of rotatable bonds is 2. The molecule has 19 heavy (non-hydrogen) atoms. The van der Waals surface area contributed by atoms with E-state index < -0.39 is 0 Å². The summed E-state index contributed by atoms with van der Waals surface area (Å²) >= 11 is 0. The SMILES string of the molecule is Cc1cc(=O)n2[nH]c(Cc3cccc(F)c3)nc2n1. The number of benzene rings is 1. The van der Waals surface area contributed by atoms with Gasteiger partial charge in [0.1, 0.15) is 11.6 Å². The summed E-state index contributed by atoms with van der Waals surface area (Å²) in [5, 5.41) is 2.87. The van der Waals surface area contributed by atoms with Crippen molar-refractivity contribution in [3.8, 4) is 0 Å². The van der Waals surface area contributed by atoms with Crippen LogP contribution in [0.25, 0.3) is 5.78 Å². The van der Waals surface area contributed by atoms with Gasteiger partial charge in [-0.05, 0) is 24.6 Å². The molecule has 1 aromatic carbocycles. The summed E-state index contributed by atoms with van der Waals surface area (Å²) in [6.45, 7) is 1.74. The number of hydrogen-bond donors (Lipinski definition) is 1. The van der Waals surface area contributed by atoms with Crippen LogP contribution >= 0.6 is 0 Å². The summed E-state index contributed by atoms with van der Waals surface area (Å²) in [6.07, 6.45) is 0.416. The predicted octanol–water partition coefficient (Wildman–Crippen LogP) is 1.46. The molecule has 5 nitrogen and oxygen atoms in total. The number of nitrogens with one attached hydrogen (secondary N) is 1. The lowest BCUT2D eigenvalue weighted by Crippen LogP contribution is -2.14. The quantitative estimate of drug-likeness (QED) is 0.756. The first-order valence-corrected chi connectivity index (χ1v) is 5.81. The molecule has 0 aliphatic heterocycles. The topological polar surface area (TPSA) is 63.0 Å². The number of aromatic amines is 1. The number of fused-ring (bicyclic) bond motifs is 1. The van der Waals surface area contributed by atoms with Gasteiger partial charge in [-0.3, -0.25) is 9.89 Å². The normalized spacial score (nSPS) is 11.1. The van der Waals surface area contributed by atoms with Gasteiger partial charge >= 0.3 is 0 Å². The van der Waals surface area contributed by atoms with Crippen LogP contribution < -0.4 is 5.56 Å². The van der Waals surface area contributed by atoms with Crippen molar-refractivity contribution in [2.45, 2.75) is 13.3 Å². The van der Waals surface area contributed by atoms with Gasteiger partial charge in [-0.25, -0.2) is 9.37 Å². The van der Waals surface area contributed by atoms with Crippen LogP contribution in [0.2, 0.25) is 0 Å². The van der Waals surface area contributed by atoms with Crippen molar-refractivity contribution in [3.05, 3.63) is 63.6 Å². The van der Waals surface area contributed by atoms with Crippen LogP contribution in [0.3, 0.4) is 0 Å². The van der Waals surface area contributed by atoms with Crippen LogP contribution in [0.5, 0.6) is 0 Å². The van der Waals surface area contributed by atoms with E-state index in [2.05, 4.69) is 15.1 Å². The van der Waals surface area contributed by atoms with Crippen molar-refractivity contribution in [3.63, 3.8) is 0 Å². The first-order valence-electron chi connectivity index (χ1n) is 5.81. The fourth-order valence-corrected chi connectivity index (χ4v) is 1.96. The number of aromatic nitrogens is 4. The first-order chi connectivity index (χ1) is 9.11. The minimum absolute atomic E-state index is 0.208. The van der Waals surface area contributed by atoms with Crippen LogP contribution in [0.15, 0.2) is 35.1 Å². The van der Waals surface area contributed by atoms with Gasteiger partial charge in [-0.2, -0.15) is 9.50 Å². The highest BCUT2D eigenvalue weighted by molar-refractivity contribution is 5.29. The van der Waals surface area contributed by atoms with Crippen molar-refractivity contribution in [1.82, 2.24) is 19.6 Å². The van der Waals surface area contributed by atoms with Gasteiger partial charge in [-0.15, -0.1) is 0 Å². The van der Waals surface area contributed by atoms with Gasteiger partial charge in [0.2, 0.25) is 0 Å². The number of nitrogens with zero attached hydrogens (tertiary/aromatic N) is 3. The lowest BCUT2D eigenvalue weighted by atomic mass is 10.1. The molecule has 0 amide bonds. The summed E-state index contributed by atoms with van der Waals surface area (Å²) in [5.41, 5.74) is 1.19. The Hall–Kier alpha value is -2.50. The van der Waals surface area contributed by atoms with Gasteiger partial charge < -0.3 is 0 Å². The molecule has 6 heteroatoms. The van der Waals surface area contributed by atoms with E-state index in [1.165, 1.54) is 22.7 Å². The minimum atomic E-state index is -0.292. The van der Waals surface area contributed by atoms with Crippen LogP contribution in [0.4, 0.5) is 4.39 Å². The van der Waals surface area contributed by atoms with Gasteiger partial charge in [0.25, 0.3) is 11.3 Å². The number of halogens is 1. The Bertz CT molecular complexity index is 806. The zero-order valence-electron chi connectivity index (χ0n) is 10.2. The number of hydrogen-bond acceptors (Lipinski definition) is 3. The van der Waals surface area contributed by atoms with E-state index in [1.807, 2.05) is 0 Å². The highest BCUT2D eigenvalue weighted by Gasteiger charge is 2.07. The molecule has 0 bridgehead atoms. The molecule has 96 valence electrons. The van der Waals surface area contributed by atoms with Crippen molar-refractivity contribution in [2.24, 2.45) is 0 Å². The molecule has 1 N–H and O–H groups in total.